The molecule has 3 heterocycles. The summed E-state index contributed by atoms with van der Waals surface area (Å²) in [6, 6.07) is 39.6. The largest absolute Gasteiger partial charge is 0.311 e. The van der Waals surface area contributed by atoms with Gasteiger partial charge in [0.25, 0.3) is 6.71 Å². The third-order valence-electron chi connectivity index (χ3n) is 10.5. The molecule has 0 bridgehead atoms. The van der Waals surface area contributed by atoms with Gasteiger partial charge in [-0.15, -0.1) is 11.3 Å². The van der Waals surface area contributed by atoms with E-state index < -0.39 is 0 Å². The summed E-state index contributed by atoms with van der Waals surface area (Å²) in [4.78, 5) is 5.11. The van der Waals surface area contributed by atoms with Gasteiger partial charge in [0.1, 0.15) is 0 Å². The second-order valence-corrected chi connectivity index (χ2v) is 18.3. The number of para-hydroxylation sites is 1. The summed E-state index contributed by atoms with van der Waals surface area (Å²) in [6.45, 7) is 23.2. The van der Waals surface area contributed by atoms with Gasteiger partial charge >= 0.3 is 0 Å². The lowest BCUT2D eigenvalue weighted by Crippen LogP contribution is -2.60. The molecule has 0 spiro atoms. The fraction of sp³-hybridized carbons (Fsp3) is 0.289. The molecule has 1 aromatic heterocycles. The van der Waals surface area contributed by atoms with Crippen molar-refractivity contribution in [2.45, 2.75) is 85.5 Å². The minimum Gasteiger partial charge on any atom is -0.311 e. The number of thiophene rings is 1. The van der Waals surface area contributed by atoms with Crippen molar-refractivity contribution >= 4 is 78.0 Å². The second kappa shape index (κ2) is 10.9. The molecule has 0 radical (unpaired) electrons. The molecule has 0 unspecified atom stereocenters. The van der Waals surface area contributed by atoms with E-state index >= 15 is 0 Å². The summed E-state index contributed by atoms with van der Waals surface area (Å²) < 4.78 is 2.78. The number of fused-ring (bicyclic) bond motifs is 6. The molecule has 0 aliphatic carbocycles. The normalized spacial score (nSPS) is 14.2. The molecule has 8 rings (SSSR count). The van der Waals surface area contributed by atoms with Gasteiger partial charge in [-0.3, -0.25) is 0 Å². The van der Waals surface area contributed by atoms with Crippen LogP contribution < -0.4 is 25.5 Å². The van der Waals surface area contributed by atoms with Gasteiger partial charge in [-0.25, -0.2) is 0 Å². The smallest absolute Gasteiger partial charge is 0.264 e. The minimum absolute atomic E-state index is 0.0308. The van der Waals surface area contributed by atoms with Crippen molar-refractivity contribution in [3.8, 4) is 0 Å². The van der Waals surface area contributed by atoms with Crippen LogP contribution in [0.25, 0.3) is 10.1 Å². The monoisotopic (exact) mass is 658 g/mol. The summed E-state index contributed by atoms with van der Waals surface area (Å²) >= 11 is 1.98. The summed E-state index contributed by atoms with van der Waals surface area (Å²) in [5.74, 6) is 0. The zero-order chi connectivity index (χ0) is 34.6. The lowest BCUT2D eigenvalue weighted by Gasteiger charge is -2.44. The van der Waals surface area contributed by atoms with E-state index in [1.807, 2.05) is 11.3 Å². The van der Waals surface area contributed by atoms with Crippen molar-refractivity contribution in [3.63, 3.8) is 0 Å². The van der Waals surface area contributed by atoms with Crippen molar-refractivity contribution in [2.75, 3.05) is 9.80 Å². The van der Waals surface area contributed by atoms with E-state index in [0.717, 1.165) is 0 Å². The van der Waals surface area contributed by atoms with Gasteiger partial charge in [0, 0.05) is 43.3 Å². The van der Waals surface area contributed by atoms with E-state index in [1.165, 1.54) is 82.2 Å². The third kappa shape index (κ3) is 5.14. The molecule has 0 fully saturated rings. The summed E-state index contributed by atoms with van der Waals surface area (Å²) in [6.07, 6.45) is 0. The molecule has 2 aliphatic rings. The van der Waals surface area contributed by atoms with Crippen LogP contribution in [0, 0.1) is 6.92 Å². The van der Waals surface area contributed by atoms with Gasteiger partial charge in [0.05, 0.1) is 5.69 Å². The predicted octanol–water partition coefficient (Wildman–Crippen LogP) is 11.2. The van der Waals surface area contributed by atoms with Crippen LogP contribution in [0.5, 0.6) is 0 Å². The first kappa shape index (κ1) is 32.0. The van der Waals surface area contributed by atoms with E-state index in [0.29, 0.717) is 0 Å². The Bertz CT molecular complexity index is 2240. The summed E-state index contributed by atoms with van der Waals surface area (Å²) in [7, 11) is 0. The highest BCUT2D eigenvalue weighted by atomic mass is 32.1. The molecular formula is C45H47BN2S. The van der Waals surface area contributed by atoms with Gasteiger partial charge in [-0.2, -0.15) is 0 Å². The molecular weight excluding hydrogens is 611 g/mol. The molecule has 0 N–H and O–H groups in total. The van der Waals surface area contributed by atoms with E-state index in [-0.39, 0.29) is 23.0 Å². The van der Waals surface area contributed by atoms with Gasteiger partial charge < -0.3 is 9.80 Å². The first-order chi connectivity index (χ1) is 23.1. The summed E-state index contributed by atoms with van der Waals surface area (Å²) in [5, 5.41) is 1.35. The minimum atomic E-state index is 0.0308. The fourth-order valence-corrected chi connectivity index (χ4v) is 9.09. The molecule has 2 nitrogen and oxygen atoms in total. The molecule has 2 aliphatic heterocycles. The third-order valence-corrected chi connectivity index (χ3v) is 11.8. The molecule has 4 heteroatoms. The number of aryl methyl sites for hydroxylation is 1. The Morgan fingerprint density at radius 2 is 1.08 bits per heavy atom. The number of hydrogen-bond acceptors (Lipinski definition) is 3. The number of nitrogens with zero attached hydrogens (tertiary/aromatic N) is 2. The van der Waals surface area contributed by atoms with Crippen LogP contribution in [0.2, 0.25) is 0 Å². The predicted molar refractivity (Wildman–Crippen MR) is 217 cm³/mol. The number of anilines is 6. The van der Waals surface area contributed by atoms with Crippen LogP contribution in [0.4, 0.5) is 34.1 Å². The van der Waals surface area contributed by atoms with E-state index in [1.54, 1.807) is 0 Å². The number of hydrogen-bond donors (Lipinski definition) is 0. The van der Waals surface area contributed by atoms with E-state index in [9.17, 15) is 0 Å². The molecule has 6 aromatic rings. The van der Waals surface area contributed by atoms with Crippen molar-refractivity contribution in [1.82, 2.24) is 0 Å². The maximum Gasteiger partial charge on any atom is 0.264 e. The highest BCUT2D eigenvalue weighted by Gasteiger charge is 2.45. The molecule has 5 aromatic carbocycles. The SMILES string of the molecule is Cc1cc2c3c(c1)N(c1ccc(C(C)(C)C)cc1)c1c(sc4ccc(C(C)(C)C)cc14)B3c1cc(C(C)(C)C)ccc1N2c1ccccc1. The maximum atomic E-state index is 2.59. The molecule has 0 saturated carbocycles. The Kier molecular flexibility index (Phi) is 7.08. The highest BCUT2D eigenvalue weighted by molar-refractivity contribution is 7.33. The first-order valence-corrected chi connectivity index (χ1v) is 18.5. The lowest BCUT2D eigenvalue weighted by molar-refractivity contribution is 0.590. The van der Waals surface area contributed by atoms with Crippen molar-refractivity contribution in [3.05, 3.63) is 125 Å². The van der Waals surface area contributed by atoms with Gasteiger partial charge in [0.15, 0.2) is 0 Å². The standard InChI is InChI=1S/C45H47BN2S/c1-28-24-37-40-38(25-28)48(33-20-16-29(17-21-33)43(2,3)4)41-34-26-30(44(5,6)7)19-23-39(34)49-42(41)46(40)35-27-31(45(8,9)10)18-22-36(35)47(37)32-14-12-11-13-15-32/h11-27H,1-10H3. The van der Waals surface area contributed by atoms with Crippen LogP contribution in [0.3, 0.4) is 0 Å². The maximum absolute atomic E-state index is 2.59. The van der Waals surface area contributed by atoms with E-state index in [4.69, 9.17) is 0 Å². The molecule has 246 valence electrons. The van der Waals surface area contributed by atoms with Crippen molar-refractivity contribution in [1.29, 1.82) is 0 Å². The Hall–Kier alpha value is -4.28. The topological polar surface area (TPSA) is 6.48 Å². The Labute approximate surface area is 297 Å². The van der Waals surface area contributed by atoms with Gasteiger partial charge in [-0.05, 0) is 111 Å². The molecule has 0 atom stereocenters. The highest BCUT2D eigenvalue weighted by Crippen LogP contribution is 2.49. The van der Waals surface area contributed by atoms with Gasteiger partial charge in [-0.1, -0.05) is 111 Å². The van der Waals surface area contributed by atoms with Crippen molar-refractivity contribution in [2.24, 2.45) is 0 Å². The van der Waals surface area contributed by atoms with Crippen LogP contribution in [0.15, 0.2) is 103 Å². The van der Waals surface area contributed by atoms with Crippen molar-refractivity contribution < 1.29 is 0 Å². The zero-order valence-corrected chi connectivity index (χ0v) is 31.5. The Morgan fingerprint density at radius 1 is 0.531 bits per heavy atom. The molecule has 49 heavy (non-hydrogen) atoms. The zero-order valence-electron chi connectivity index (χ0n) is 30.7. The molecule has 0 amide bonds. The second-order valence-electron chi connectivity index (χ2n) is 17.3. The fourth-order valence-electron chi connectivity index (χ4n) is 7.79. The molecule has 0 saturated heterocycles. The lowest BCUT2D eigenvalue weighted by atomic mass is 9.36. The van der Waals surface area contributed by atoms with Crippen LogP contribution in [-0.4, -0.2) is 6.71 Å². The number of rotatable bonds is 2. The Balaban J connectivity index is 1.50. The quantitative estimate of drug-likeness (QED) is 0.171. The van der Waals surface area contributed by atoms with Gasteiger partial charge in [0.2, 0.25) is 0 Å². The van der Waals surface area contributed by atoms with Crippen LogP contribution >= 0.6 is 11.3 Å². The Morgan fingerprint density at radius 3 is 1.71 bits per heavy atom. The summed E-state index contributed by atoms with van der Waals surface area (Å²) in [5.41, 5.74) is 15.9. The van der Waals surface area contributed by atoms with E-state index in [2.05, 4.69) is 182 Å². The van der Waals surface area contributed by atoms with Crippen LogP contribution in [0.1, 0.15) is 84.6 Å². The van der Waals surface area contributed by atoms with Crippen LogP contribution in [-0.2, 0) is 16.2 Å². The first-order valence-electron chi connectivity index (χ1n) is 17.7. The number of benzene rings is 5. The average molecular weight is 659 g/mol. The average Bonchev–Trinajstić information content (AvgIpc) is 3.42.